The van der Waals surface area contributed by atoms with Crippen LogP contribution in [0.25, 0.3) is 0 Å². The van der Waals surface area contributed by atoms with E-state index in [4.69, 9.17) is 17.3 Å². The van der Waals surface area contributed by atoms with E-state index in [0.717, 1.165) is 17.7 Å². The second-order valence-corrected chi connectivity index (χ2v) is 7.20. The first-order valence-electron chi connectivity index (χ1n) is 7.35. The Morgan fingerprint density at radius 2 is 2.05 bits per heavy atom. The summed E-state index contributed by atoms with van der Waals surface area (Å²) >= 11 is 7.49. The van der Waals surface area contributed by atoms with Crippen LogP contribution in [0.5, 0.6) is 0 Å². The summed E-state index contributed by atoms with van der Waals surface area (Å²) in [6, 6.07) is 5.52. The van der Waals surface area contributed by atoms with Crippen LogP contribution in [-0.4, -0.2) is 17.7 Å². The molecule has 1 aromatic carbocycles. The highest BCUT2D eigenvalue weighted by Crippen LogP contribution is 2.28. The maximum atomic E-state index is 11.9. The summed E-state index contributed by atoms with van der Waals surface area (Å²) in [6.45, 7) is 6.49. The van der Waals surface area contributed by atoms with Crippen molar-refractivity contribution in [1.82, 2.24) is 5.32 Å². The number of halogens is 1. The van der Waals surface area contributed by atoms with E-state index >= 15 is 0 Å². The van der Waals surface area contributed by atoms with Gasteiger partial charge >= 0.3 is 0 Å². The van der Waals surface area contributed by atoms with E-state index in [1.54, 1.807) is 18.2 Å². The molecule has 1 aromatic rings. The summed E-state index contributed by atoms with van der Waals surface area (Å²) in [4.78, 5) is 12.8. The van der Waals surface area contributed by atoms with Crippen LogP contribution in [-0.2, 0) is 4.79 Å². The molecular formula is C16H25ClN2OS. The molecule has 0 heterocycles. The largest absolute Gasteiger partial charge is 0.399 e. The number of nitrogens with two attached hydrogens (primary N) is 1. The summed E-state index contributed by atoms with van der Waals surface area (Å²) in [5.74, 6) is 1.11. The predicted molar refractivity (Wildman–Crippen MR) is 92.9 cm³/mol. The van der Waals surface area contributed by atoms with E-state index in [9.17, 15) is 4.79 Å². The lowest BCUT2D eigenvalue weighted by Crippen LogP contribution is -2.33. The standard InChI is InChI=1S/C16H25ClN2OS/c1-11(2)5-4-6-12(3)19-16(20)10-21-15-9-13(18)7-8-14(15)17/h7-9,11-12H,4-6,10,18H2,1-3H3,(H,19,20). The van der Waals surface area contributed by atoms with Crippen molar-refractivity contribution in [1.29, 1.82) is 0 Å². The lowest BCUT2D eigenvalue weighted by atomic mass is 10.0. The molecule has 1 rings (SSSR count). The van der Waals surface area contributed by atoms with Gasteiger partial charge in [0.2, 0.25) is 5.91 Å². The zero-order chi connectivity index (χ0) is 15.8. The summed E-state index contributed by atoms with van der Waals surface area (Å²) in [5.41, 5.74) is 6.38. The molecule has 0 saturated carbocycles. The molecule has 1 atom stereocenters. The first-order valence-corrected chi connectivity index (χ1v) is 8.72. The molecule has 0 saturated heterocycles. The second kappa shape index (κ2) is 9.21. The quantitative estimate of drug-likeness (QED) is 0.551. The highest BCUT2D eigenvalue weighted by molar-refractivity contribution is 8.00. The summed E-state index contributed by atoms with van der Waals surface area (Å²) < 4.78 is 0. The van der Waals surface area contributed by atoms with Crippen molar-refractivity contribution in [3.63, 3.8) is 0 Å². The number of thioether (sulfide) groups is 1. The van der Waals surface area contributed by atoms with Crippen molar-refractivity contribution in [2.45, 2.75) is 51.0 Å². The van der Waals surface area contributed by atoms with E-state index in [1.807, 2.05) is 0 Å². The highest BCUT2D eigenvalue weighted by Gasteiger charge is 2.10. The molecule has 0 bridgehead atoms. The lowest BCUT2D eigenvalue weighted by molar-refractivity contribution is -0.119. The third kappa shape index (κ3) is 7.63. The van der Waals surface area contributed by atoms with E-state index in [0.29, 0.717) is 22.4 Å². The van der Waals surface area contributed by atoms with Gasteiger partial charge in [-0.3, -0.25) is 4.79 Å². The van der Waals surface area contributed by atoms with E-state index in [-0.39, 0.29) is 11.9 Å². The minimum absolute atomic E-state index is 0.0375. The summed E-state index contributed by atoms with van der Waals surface area (Å²) in [6.07, 6.45) is 3.37. The number of amides is 1. The molecule has 118 valence electrons. The van der Waals surface area contributed by atoms with Crippen molar-refractivity contribution in [3.05, 3.63) is 23.2 Å². The fraction of sp³-hybridized carbons (Fsp3) is 0.562. The Morgan fingerprint density at radius 1 is 1.33 bits per heavy atom. The average molecular weight is 329 g/mol. The Labute approximate surface area is 137 Å². The number of carbonyl (C=O) groups is 1. The van der Waals surface area contributed by atoms with Gasteiger partial charge in [-0.15, -0.1) is 11.8 Å². The van der Waals surface area contributed by atoms with E-state index < -0.39 is 0 Å². The molecule has 1 unspecified atom stereocenters. The van der Waals surface area contributed by atoms with Crippen molar-refractivity contribution in [2.24, 2.45) is 5.92 Å². The molecule has 0 aliphatic rings. The molecule has 5 heteroatoms. The highest BCUT2D eigenvalue weighted by atomic mass is 35.5. The van der Waals surface area contributed by atoms with Gasteiger partial charge in [-0.1, -0.05) is 38.3 Å². The maximum absolute atomic E-state index is 11.9. The normalized spacial score (nSPS) is 12.4. The number of nitrogens with one attached hydrogen (secondary N) is 1. The Kier molecular flexibility index (Phi) is 7.97. The van der Waals surface area contributed by atoms with Crippen LogP contribution in [0.2, 0.25) is 5.02 Å². The molecule has 3 nitrogen and oxygen atoms in total. The number of carbonyl (C=O) groups excluding carboxylic acids is 1. The van der Waals surface area contributed by atoms with Gasteiger partial charge in [0.25, 0.3) is 0 Å². The van der Waals surface area contributed by atoms with E-state index in [2.05, 4.69) is 26.1 Å². The average Bonchev–Trinajstić information content (AvgIpc) is 2.39. The fourth-order valence-electron chi connectivity index (χ4n) is 1.99. The molecule has 0 aliphatic heterocycles. The van der Waals surface area contributed by atoms with Crippen molar-refractivity contribution in [3.8, 4) is 0 Å². The number of benzene rings is 1. The SMILES string of the molecule is CC(C)CCCC(C)NC(=O)CSc1cc(N)ccc1Cl. The maximum Gasteiger partial charge on any atom is 0.230 e. The molecule has 0 aromatic heterocycles. The van der Waals surface area contributed by atoms with Gasteiger partial charge < -0.3 is 11.1 Å². The van der Waals surface area contributed by atoms with Crippen molar-refractivity contribution in [2.75, 3.05) is 11.5 Å². The Balaban J connectivity index is 2.32. The van der Waals surface area contributed by atoms with Gasteiger partial charge in [0.15, 0.2) is 0 Å². The van der Waals surface area contributed by atoms with Crippen LogP contribution in [0.1, 0.15) is 40.0 Å². The number of hydrogen-bond acceptors (Lipinski definition) is 3. The Morgan fingerprint density at radius 3 is 2.71 bits per heavy atom. The van der Waals surface area contributed by atoms with Gasteiger partial charge in [-0.05, 0) is 37.5 Å². The molecule has 0 radical (unpaired) electrons. The Hall–Kier alpha value is -0.870. The first-order chi connectivity index (χ1) is 9.88. The van der Waals surface area contributed by atoms with Crippen LogP contribution < -0.4 is 11.1 Å². The van der Waals surface area contributed by atoms with E-state index in [1.165, 1.54) is 18.2 Å². The van der Waals surface area contributed by atoms with Gasteiger partial charge in [-0.25, -0.2) is 0 Å². The van der Waals surface area contributed by atoms with Crippen LogP contribution >= 0.6 is 23.4 Å². The Bertz CT molecular complexity index is 466. The second-order valence-electron chi connectivity index (χ2n) is 5.77. The number of nitrogen functional groups attached to an aromatic ring is 1. The van der Waals surface area contributed by atoms with Gasteiger partial charge in [0.05, 0.1) is 10.8 Å². The smallest absolute Gasteiger partial charge is 0.230 e. The van der Waals surface area contributed by atoms with Crippen LogP contribution in [0, 0.1) is 5.92 Å². The van der Waals surface area contributed by atoms with Gasteiger partial charge in [0.1, 0.15) is 0 Å². The molecular weight excluding hydrogens is 304 g/mol. The monoisotopic (exact) mass is 328 g/mol. The van der Waals surface area contributed by atoms with Gasteiger partial charge in [0, 0.05) is 16.6 Å². The number of rotatable bonds is 8. The first kappa shape index (κ1) is 18.2. The fourth-order valence-corrected chi connectivity index (χ4v) is 3.07. The summed E-state index contributed by atoms with van der Waals surface area (Å²) in [7, 11) is 0. The molecule has 1 amide bonds. The minimum atomic E-state index is 0.0375. The zero-order valence-corrected chi connectivity index (χ0v) is 14.6. The lowest BCUT2D eigenvalue weighted by Gasteiger charge is -2.14. The third-order valence-corrected chi connectivity index (χ3v) is 4.64. The molecule has 0 fully saturated rings. The summed E-state index contributed by atoms with van der Waals surface area (Å²) in [5, 5.41) is 3.66. The van der Waals surface area contributed by atoms with Crippen molar-refractivity contribution < 1.29 is 4.79 Å². The molecule has 3 N–H and O–H groups in total. The third-order valence-electron chi connectivity index (χ3n) is 3.14. The number of anilines is 1. The molecule has 0 spiro atoms. The van der Waals surface area contributed by atoms with Crippen LogP contribution in [0.4, 0.5) is 5.69 Å². The van der Waals surface area contributed by atoms with Crippen LogP contribution in [0.15, 0.2) is 23.1 Å². The van der Waals surface area contributed by atoms with Crippen LogP contribution in [0.3, 0.4) is 0 Å². The zero-order valence-electron chi connectivity index (χ0n) is 13.0. The topological polar surface area (TPSA) is 55.1 Å². The van der Waals surface area contributed by atoms with Gasteiger partial charge in [-0.2, -0.15) is 0 Å². The predicted octanol–water partition coefficient (Wildman–Crippen LogP) is 4.35. The number of hydrogen-bond donors (Lipinski definition) is 2. The minimum Gasteiger partial charge on any atom is -0.399 e. The molecule has 21 heavy (non-hydrogen) atoms. The van der Waals surface area contributed by atoms with Crippen molar-refractivity contribution >= 4 is 35.0 Å². The molecule has 0 aliphatic carbocycles.